The summed E-state index contributed by atoms with van der Waals surface area (Å²) in [6, 6.07) is 0. The summed E-state index contributed by atoms with van der Waals surface area (Å²) in [5.41, 5.74) is 3.04. The van der Waals surface area contributed by atoms with Gasteiger partial charge in [-0.25, -0.2) is 0 Å². The van der Waals surface area contributed by atoms with Gasteiger partial charge in [-0.2, -0.15) is 0 Å². The molecule has 0 bridgehead atoms. The highest BCUT2D eigenvalue weighted by atomic mass is 28.3. The van der Waals surface area contributed by atoms with Crippen LogP contribution in [-0.4, -0.2) is 19.9 Å². The Labute approximate surface area is 87.7 Å². The van der Waals surface area contributed by atoms with Crippen LogP contribution in [0.3, 0.4) is 0 Å². The zero-order chi connectivity index (χ0) is 10.3. The van der Waals surface area contributed by atoms with Crippen LogP contribution in [0, 0.1) is 0 Å². The van der Waals surface area contributed by atoms with Gasteiger partial charge in [-0.3, -0.25) is 0 Å². The molecule has 0 amide bonds. The molecule has 0 aromatic heterocycles. The standard InChI is InChI=1S/C11H21NOSi/c1-5-6-9-7-10-11(14(9,3)4)8(2)13-12-10/h8-9,11H,5-7H2,1-4H3/t8-,9-,11+/m0/s1. The van der Waals surface area contributed by atoms with Gasteiger partial charge in [0.25, 0.3) is 0 Å². The van der Waals surface area contributed by atoms with Crippen molar-refractivity contribution in [2.75, 3.05) is 0 Å². The summed E-state index contributed by atoms with van der Waals surface area (Å²) in [5, 5.41) is 4.26. The number of oxime groups is 1. The van der Waals surface area contributed by atoms with Crippen LogP contribution in [0.25, 0.3) is 0 Å². The van der Waals surface area contributed by atoms with Crippen molar-refractivity contribution in [1.82, 2.24) is 0 Å². The maximum atomic E-state index is 5.40. The first-order valence-electron chi connectivity index (χ1n) is 5.80. The second-order valence-corrected chi connectivity index (χ2v) is 10.5. The van der Waals surface area contributed by atoms with Crippen LogP contribution in [0.4, 0.5) is 0 Å². The minimum absolute atomic E-state index is 0.355. The predicted molar refractivity (Wildman–Crippen MR) is 62.5 cm³/mol. The van der Waals surface area contributed by atoms with Gasteiger partial charge in [0, 0.05) is 5.54 Å². The molecule has 2 rings (SSSR count). The van der Waals surface area contributed by atoms with Crippen LogP contribution in [0.15, 0.2) is 5.16 Å². The van der Waals surface area contributed by atoms with Crippen molar-refractivity contribution in [2.24, 2.45) is 5.16 Å². The van der Waals surface area contributed by atoms with Crippen LogP contribution in [-0.2, 0) is 4.84 Å². The lowest BCUT2D eigenvalue weighted by molar-refractivity contribution is 0.0978. The van der Waals surface area contributed by atoms with E-state index >= 15 is 0 Å². The Morgan fingerprint density at radius 1 is 1.50 bits per heavy atom. The molecule has 1 saturated heterocycles. The molecule has 3 heteroatoms. The summed E-state index contributed by atoms with van der Waals surface area (Å²) in [5.74, 6) is 0. The van der Waals surface area contributed by atoms with Crippen LogP contribution in [0.1, 0.15) is 33.1 Å². The maximum Gasteiger partial charge on any atom is 0.130 e. The molecule has 0 unspecified atom stereocenters. The van der Waals surface area contributed by atoms with Gasteiger partial charge in [-0.15, -0.1) is 0 Å². The van der Waals surface area contributed by atoms with Crippen molar-refractivity contribution < 1.29 is 4.84 Å². The van der Waals surface area contributed by atoms with Gasteiger partial charge in [0.1, 0.15) is 6.10 Å². The normalized spacial score (nSPS) is 39.1. The molecule has 1 fully saturated rings. The van der Waals surface area contributed by atoms with Crippen molar-refractivity contribution in [2.45, 2.75) is 63.4 Å². The Morgan fingerprint density at radius 3 is 2.79 bits per heavy atom. The number of fused-ring (bicyclic) bond motifs is 1. The summed E-state index contributed by atoms with van der Waals surface area (Å²) in [7, 11) is -1.14. The topological polar surface area (TPSA) is 21.6 Å². The van der Waals surface area contributed by atoms with Crippen LogP contribution < -0.4 is 0 Å². The van der Waals surface area contributed by atoms with Crippen molar-refractivity contribution in [1.29, 1.82) is 0 Å². The van der Waals surface area contributed by atoms with E-state index < -0.39 is 8.07 Å². The maximum absolute atomic E-state index is 5.40. The van der Waals surface area contributed by atoms with E-state index in [4.69, 9.17) is 4.84 Å². The van der Waals surface area contributed by atoms with Crippen molar-refractivity contribution in [3.63, 3.8) is 0 Å². The lowest BCUT2D eigenvalue weighted by Gasteiger charge is -2.30. The second kappa shape index (κ2) is 3.37. The lowest BCUT2D eigenvalue weighted by Crippen LogP contribution is -2.37. The quantitative estimate of drug-likeness (QED) is 0.641. The van der Waals surface area contributed by atoms with Gasteiger partial charge in [0.2, 0.25) is 0 Å². The summed E-state index contributed by atoms with van der Waals surface area (Å²) in [4.78, 5) is 5.40. The van der Waals surface area contributed by atoms with Crippen molar-refractivity contribution in [3.05, 3.63) is 0 Å². The van der Waals surface area contributed by atoms with Gasteiger partial charge >= 0.3 is 0 Å². The third-order valence-corrected chi connectivity index (χ3v) is 9.11. The van der Waals surface area contributed by atoms with Gasteiger partial charge in [-0.1, -0.05) is 38.0 Å². The number of hydrogen-bond acceptors (Lipinski definition) is 2. The van der Waals surface area contributed by atoms with Crippen LogP contribution >= 0.6 is 0 Å². The van der Waals surface area contributed by atoms with Gasteiger partial charge in [0.05, 0.1) is 13.8 Å². The minimum atomic E-state index is -1.14. The fourth-order valence-corrected chi connectivity index (χ4v) is 7.91. The fraction of sp³-hybridized carbons (Fsp3) is 0.909. The molecule has 0 saturated carbocycles. The predicted octanol–water partition coefficient (Wildman–Crippen LogP) is 3.41. The molecule has 2 aliphatic rings. The van der Waals surface area contributed by atoms with Crippen molar-refractivity contribution >= 4 is 13.8 Å². The van der Waals surface area contributed by atoms with Crippen LogP contribution in [0.2, 0.25) is 24.2 Å². The third kappa shape index (κ3) is 1.33. The van der Waals surface area contributed by atoms with E-state index in [1.807, 2.05) is 0 Å². The number of hydrogen-bond donors (Lipinski definition) is 0. The molecule has 0 radical (unpaired) electrons. The first kappa shape index (κ1) is 10.2. The summed E-state index contributed by atoms with van der Waals surface area (Å²) < 4.78 is 0. The third-order valence-electron chi connectivity index (χ3n) is 4.11. The lowest BCUT2D eigenvalue weighted by atomic mass is 10.1. The monoisotopic (exact) mass is 211 g/mol. The molecule has 14 heavy (non-hydrogen) atoms. The molecule has 2 heterocycles. The van der Waals surface area contributed by atoms with Crippen molar-refractivity contribution in [3.8, 4) is 0 Å². The van der Waals surface area contributed by atoms with Gasteiger partial charge in [0.15, 0.2) is 0 Å². The van der Waals surface area contributed by atoms with E-state index in [1.54, 1.807) is 0 Å². The molecule has 3 atom stereocenters. The molecule has 80 valence electrons. The summed E-state index contributed by atoms with van der Waals surface area (Å²) in [6.45, 7) is 9.52. The van der Waals surface area contributed by atoms with Crippen LogP contribution in [0.5, 0.6) is 0 Å². The Bertz CT molecular complexity index is 262. The largest absolute Gasteiger partial charge is 0.392 e. The summed E-state index contributed by atoms with van der Waals surface area (Å²) in [6.07, 6.45) is 4.29. The Kier molecular flexibility index (Phi) is 2.46. The summed E-state index contributed by atoms with van der Waals surface area (Å²) >= 11 is 0. The van der Waals surface area contributed by atoms with E-state index in [-0.39, 0.29) is 0 Å². The molecule has 0 N–H and O–H groups in total. The van der Waals surface area contributed by atoms with E-state index in [0.29, 0.717) is 11.6 Å². The number of nitrogens with zero attached hydrogens (tertiary/aromatic N) is 1. The molecule has 0 aromatic carbocycles. The first-order valence-corrected chi connectivity index (χ1v) is 8.95. The van der Waals surface area contributed by atoms with Gasteiger partial charge < -0.3 is 4.84 Å². The molecule has 2 aliphatic heterocycles. The highest BCUT2D eigenvalue weighted by Gasteiger charge is 2.53. The molecule has 2 nitrogen and oxygen atoms in total. The second-order valence-electron chi connectivity index (χ2n) is 5.38. The molecular formula is C11H21NOSi. The average molecular weight is 211 g/mol. The van der Waals surface area contributed by atoms with E-state index in [0.717, 1.165) is 5.54 Å². The highest BCUT2D eigenvalue weighted by Crippen LogP contribution is 2.51. The van der Waals surface area contributed by atoms with E-state index in [1.165, 1.54) is 25.0 Å². The van der Waals surface area contributed by atoms with Gasteiger partial charge in [-0.05, 0) is 18.9 Å². The molecule has 0 spiro atoms. The Balaban J connectivity index is 2.21. The average Bonchev–Trinajstić information content (AvgIpc) is 2.56. The zero-order valence-corrected chi connectivity index (χ0v) is 10.7. The molecule has 0 aliphatic carbocycles. The fourth-order valence-electron chi connectivity index (χ4n) is 3.33. The highest BCUT2D eigenvalue weighted by molar-refractivity contribution is 6.85. The zero-order valence-electron chi connectivity index (χ0n) is 9.71. The molecular weight excluding hydrogens is 190 g/mol. The van der Waals surface area contributed by atoms with E-state index in [2.05, 4.69) is 32.1 Å². The smallest absolute Gasteiger partial charge is 0.130 e. The SMILES string of the molecule is CCC[C@H]1CC2=NO[C@@H](C)[C@H]2[Si]1(C)C. The first-order chi connectivity index (χ1) is 6.57. The minimum Gasteiger partial charge on any atom is -0.392 e. The Hall–Kier alpha value is -0.313. The number of rotatable bonds is 2. The Morgan fingerprint density at radius 2 is 2.21 bits per heavy atom. The van der Waals surface area contributed by atoms with E-state index in [9.17, 15) is 0 Å². The molecule has 0 aromatic rings.